The van der Waals surface area contributed by atoms with Gasteiger partial charge in [-0.25, -0.2) is 0 Å². The average molecular weight is 552 g/mol. The van der Waals surface area contributed by atoms with Gasteiger partial charge in [0.2, 0.25) is 0 Å². The molecule has 2 aromatic rings. The minimum absolute atomic E-state index is 0. The van der Waals surface area contributed by atoms with Crippen molar-refractivity contribution in [3.8, 4) is 0 Å². The lowest BCUT2D eigenvalue weighted by Crippen LogP contribution is -2.41. The van der Waals surface area contributed by atoms with Crippen LogP contribution in [-0.4, -0.2) is 61.6 Å². The number of nitrogens with one attached hydrogen (secondary N) is 2. The molecule has 0 bridgehead atoms. The highest BCUT2D eigenvalue weighted by atomic mass is 35.5. The molecule has 2 aromatic carbocycles. The minimum Gasteiger partial charge on any atom is -0.339 e. The van der Waals surface area contributed by atoms with E-state index in [1.54, 1.807) is 42.5 Å². The number of likely N-dealkylation sites (tertiary alicyclic amines) is 1. The molecule has 1 saturated carbocycles. The predicted octanol–water partition coefficient (Wildman–Crippen LogP) is 5.28. The second-order valence-electron chi connectivity index (χ2n) is 11.3. The highest BCUT2D eigenvalue weighted by Crippen LogP contribution is 2.29. The van der Waals surface area contributed by atoms with E-state index in [1.807, 2.05) is 4.90 Å². The molecule has 0 radical (unpaired) electrons. The third kappa shape index (κ3) is 7.16. The zero-order chi connectivity index (χ0) is 26.3. The molecule has 2 N–H and O–H groups in total. The molecule has 3 aliphatic rings. The van der Waals surface area contributed by atoms with Crippen molar-refractivity contribution in [2.24, 2.45) is 11.8 Å². The van der Waals surface area contributed by atoms with Crippen LogP contribution in [-0.2, 0) is 0 Å². The number of fused-ring (bicyclic) bond motifs is 2. The van der Waals surface area contributed by atoms with Crippen molar-refractivity contribution in [2.45, 2.75) is 57.8 Å². The first-order chi connectivity index (χ1) is 18.6. The third-order valence-electron chi connectivity index (χ3n) is 8.62. The number of benzene rings is 2. The van der Waals surface area contributed by atoms with Gasteiger partial charge in [0, 0.05) is 40.9 Å². The van der Waals surface area contributed by atoms with Gasteiger partial charge in [0.15, 0.2) is 11.6 Å². The zero-order valence-corrected chi connectivity index (χ0v) is 23.7. The lowest BCUT2D eigenvalue weighted by atomic mass is 9.83. The van der Waals surface area contributed by atoms with Gasteiger partial charge in [-0.3, -0.25) is 14.4 Å². The Hall–Kier alpha value is -2.54. The van der Waals surface area contributed by atoms with Crippen LogP contribution in [0.2, 0.25) is 0 Å². The normalized spacial score (nSPS) is 17.9. The van der Waals surface area contributed by atoms with E-state index in [0.717, 1.165) is 51.5 Å². The van der Waals surface area contributed by atoms with Crippen LogP contribution in [0, 0.1) is 11.8 Å². The van der Waals surface area contributed by atoms with E-state index < -0.39 is 0 Å². The maximum absolute atomic E-state index is 13.2. The molecular formula is C32H42ClN3O3. The summed E-state index contributed by atoms with van der Waals surface area (Å²) in [6.07, 6.45) is 11.4. The van der Waals surface area contributed by atoms with Crippen LogP contribution < -0.4 is 10.6 Å². The molecule has 1 aliphatic heterocycles. The molecular weight excluding hydrogens is 510 g/mol. The summed E-state index contributed by atoms with van der Waals surface area (Å²) in [5, 5.41) is 7.27. The molecule has 0 atom stereocenters. The average Bonchev–Trinajstić information content (AvgIpc) is 2.97. The molecule has 1 heterocycles. The highest BCUT2D eigenvalue weighted by molar-refractivity contribution is 6.28. The van der Waals surface area contributed by atoms with Crippen LogP contribution in [0.4, 0.5) is 0 Å². The largest absolute Gasteiger partial charge is 0.339 e. The summed E-state index contributed by atoms with van der Waals surface area (Å²) in [4.78, 5) is 41.0. The van der Waals surface area contributed by atoms with E-state index in [9.17, 15) is 14.4 Å². The van der Waals surface area contributed by atoms with Gasteiger partial charge in [-0.15, -0.1) is 12.4 Å². The number of rotatable bonds is 10. The van der Waals surface area contributed by atoms with Crippen LogP contribution in [0.15, 0.2) is 42.5 Å². The van der Waals surface area contributed by atoms with Crippen molar-refractivity contribution in [2.75, 3.05) is 39.3 Å². The predicted molar refractivity (Wildman–Crippen MR) is 157 cm³/mol. The number of carbonyl (C=O) groups excluding carboxylic acids is 3. The number of hydrogen-bond acceptors (Lipinski definition) is 5. The van der Waals surface area contributed by atoms with Crippen LogP contribution >= 0.6 is 12.4 Å². The Balaban J connectivity index is 0.00000353. The van der Waals surface area contributed by atoms with Gasteiger partial charge in [-0.05, 0) is 94.7 Å². The molecule has 2 fully saturated rings. The fraction of sp³-hybridized carbons (Fsp3) is 0.531. The van der Waals surface area contributed by atoms with E-state index in [-0.39, 0.29) is 29.9 Å². The van der Waals surface area contributed by atoms with Crippen LogP contribution in [0.1, 0.15) is 100.0 Å². The van der Waals surface area contributed by atoms with Crippen molar-refractivity contribution in [3.63, 3.8) is 0 Å². The van der Waals surface area contributed by atoms with Gasteiger partial charge in [0.25, 0.3) is 5.91 Å². The molecule has 6 nitrogen and oxygen atoms in total. The molecule has 0 spiro atoms. The summed E-state index contributed by atoms with van der Waals surface area (Å²) >= 11 is 0. The Morgan fingerprint density at radius 1 is 0.718 bits per heavy atom. The summed E-state index contributed by atoms with van der Waals surface area (Å²) in [6.45, 7) is 5.82. The number of halogens is 1. The molecule has 5 rings (SSSR count). The molecule has 7 heteroatoms. The van der Waals surface area contributed by atoms with Gasteiger partial charge < -0.3 is 15.5 Å². The number of nitrogens with zero attached hydrogens (tertiary/aromatic N) is 1. The molecule has 39 heavy (non-hydrogen) atoms. The topological polar surface area (TPSA) is 78.5 Å². The maximum atomic E-state index is 13.2. The Labute approximate surface area is 238 Å². The Kier molecular flexibility index (Phi) is 10.7. The van der Waals surface area contributed by atoms with Crippen molar-refractivity contribution >= 4 is 29.9 Å². The summed E-state index contributed by atoms with van der Waals surface area (Å²) < 4.78 is 0. The van der Waals surface area contributed by atoms with Gasteiger partial charge >= 0.3 is 0 Å². The van der Waals surface area contributed by atoms with E-state index in [0.29, 0.717) is 33.7 Å². The fourth-order valence-corrected chi connectivity index (χ4v) is 6.26. The molecule has 2 aliphatic carbocycles. The summed E-state index contributed by atoms with van der Waals surface area (Å²) in [6, 6.07) is 11.8. The molecule has 1 saturated heterocycles. The minimum atomic E-state index is -0.186. The van der Waals surface area contributed by atoms with Crippen LogP contribution in [0.3, 0.4) is 0 Å². The number of ketones is 2. The van der Waals surface area contributed by atoms with E-state index in [4.69, 9.17) is 0 Å². The SMILES string of the molecule is Cl.O=C1c2ccccc2C(=O)c2cc(C(=O)N3CCC(CNCCCCNCC4CCCCC4)CC3)ccc21. The monoisotopic (exact) mass is 551 g/mol. The van der Waals surface area contributed by atoms with Crippen molar-refractivity contribution in [1.29, 1.82) is 0 Å². The number of carbonyl (C=O) groups is 3. The smallest absolute Gasteiger partial charge is 0.253 e. The molecule has 0 aromatic heterocycles. The molecule has 1 amide bonds. The fourth-order valence-electron chi connectivity index (χ4n) is 6.26. The van der Waals surface area contributed by atoms with E-state index >= 15 is 0 Å². The van der Waals surface area contributed by atoms with E-state index in [2.05, 4.69) is 10.6 Å². The lowest BCUT2D eigenvalue weighted by Gasteiger charge is -2.32. The van der Waals surface area contributed by atoms with Crippen LogP contribution in [0.25, 0.3) is 0 Å². The lowest BCUT2D eigenvalue weighted by molar-refractivity contribution is 0.0689. The summed E-state index contributed by atoms with van der Waals surface area (Å²) in [5.41, 5.74) is 2.06. The zero-order valence-electron chi connectivity index (χ0n) is 22.9. The van der Waals surface area contributed by atoms with Crippen molar-refractivity contribution in [3.05, 3.63) is 70.3 Å². The Morgan fingerprint density at radius 2 is 1.26 bits per heavy atom. The van der Waals surface area contributed by atoms with Gasteiger partial charge in [-0.2, -0.15) is 0 Å². The van der Waals surface area contributed by atoms with E-state index in [1.165, 1.54) is 51.5 Å². The van der Waals surface area contributed by atoms with Crippen molar-refractivity contribution in [1.82, 2.24) is 15.5 Å². The van der Waals surface area contributed by atoms with Crippen molar-refractivity contribution < 1.29 is 14.4 Å². The highest BCUT2D eigenvalue weighted by Gasteiger charge is 2.31. The summed E-state index contributed by atoms with van der Waals surface area (Å²) in [5.74, 6) is 1.09. The quantitative estimate of drug-likeness (QED) is 0.335. The molecule has 210 valence electrons. The Bertz CT molecular complexity index is 1150. The maximum Gasteiger partial charge on any atom is 0.253 e. The number of unbranched alkanes of at least 4 members (excludes halogenated alkanes) is 1. The second-order valence-corrected chi connectivity index (χ2v) is 11.3. The number of hydrogen-bond donors (Lipinski definition) is 2. The first-order valence-corrected chi connectivity index (χ1v) is 14.6. The molecule has 0 unspecified atom stereocenters. The van der Waals surface area contributed by atoms with Gasteiger partial charge in [-0.1, -0.05) is 43.5 Å². The first kappa shape index (κ1) is 29.4. The van der Waals surface area contributed by atoms with Gasteiger partial charge in [0.1, 0.15) is 0 Å². The number of piperidine rings is 1. The Morgan fingerprint density at radius 3 is 1.87 bits per heavy atom. The summed E-state index contributed by atoms with van der Waals surface area (Å²) in [7, 11) is 0. The number of amides is 1. The third-order valence-corrected chi connectivity index (χ3v) is 8.62. The van der Waals surface area contributed by atoms with Crippen LogP contribution in [0.5, 0.6) is 0 Å². The first-order valence-electron chi connectivity index (χ1n) is 14.6. The van der Waals surface area contributed by atoms with Gasteiger partial charge in [0.05, 0.1) is 0 Å². The standard InChI is InChI=1S/C32H41N3O3.ClH/c36-30-26-10-4-5-11-27(26)31(37)29-20-25(12-13-28(29)30)32(38)35-18-14-24(15-19-35)22-34-17-7-6-16-33-21-23-8-2-1-3-9-23;/h4-5,10-13,20,23-24,33-34H,1-3,6-9,14-19,21-22H2;1H. The second kappa shape index (κ2) is 14.2.